The van der Waals surface area contributed by atoms with Crippen molar-refractivity contribution in [3.63, 3.8) is 0 Å². The summed E-state index contributed by atoms with van der Waals surface area (Å²) in [6.45, 7) is 8.43. The van der Waals surface area contributed by atoms with Crippen LogP contribution in [0.2, 0.25) is 0 Å². The lowest BCUT2D eigenvalue weighted by molar-refractivity contribution is 0.231. The molecule has 0 unspecified atom stereocenters. The van der Waals surface area contributed by atoms with Gasteiger partial charge in [-0.1, -0.05) is 0 Å². The van der Waals surface area contributed by atoms with E-state index in [1.807, 2.05) is 20.0 Å². The third-order valence-electron chi connectivity index (χ3n) is 3.67. The normalized spacial score (nSPS) is 26.7. The molecule has 2 atom stereocenters. The summed E-state index contributed by atoms with van der Waals surface area (Å²) in [6, 6.07) is 0. The Morgan fingerprint density at radius 3 is 2.67 bits per heavy atom. The van der Waals surface area contributed by atoms with Crippen molar-refractivity contribution in [1.82, 2.24) is 15.3 Å². The standard InChI is InChI=1S/C13H20N4O/c1-9(2)18-13-6-15-5-12(16-13)17-7-10-3-14-4-11(10)8-17/h5-6,9-11,14H,3-4,7-8H2,1-2H3/t10-,11+. The third kappa shape index (κ3) is 2.27. The molecule has 18 heavy (non-hydrogen) atoms. The molecule has 3 rings (SSSR count). The van der Waals surface area contributed by atoms with Crippen LogP contribution < -0.4 is 15.0 Å². The van der Waals surface area contributed by atoms with Gasteiger partial charge in [-0.15, -0.1) is 0 Å². The second-order valence-corrected chi connectivity index (χ2v) is 5.47. The van der Waals surface area contributed by atoms with Gasteiger partial charge in [-0.25, -0.2) is 0 Å². The second kappa shape index (κ2) is 4.72. The summed E-state index contributed by atoms with van der Waals surface area (Å²) in [5.74, 6) is 3.10. The summed E-state index contributed by atoms with van der Waals surface area (Å²) in [7, 11) is 0. The van der Waals surface area contributed by atoms with E-state index >= 15 is 0 Å². The third-order valence-corrected chi connectivity index (χ3v) is 3.67. The Kier molecular flexibility index (Phi) is 3.07. The number of nitrogens with zero attached hydrogens (tertiary/aromatic N) is 3. The SMILES string of the molecule is CC(C)Oc1cncc(N2C[C@H]3CNC[C@H]3C2)n1. The Hall–Kier alpha value is -1.36. The van der Waals surface area contributed by atoms with Crippen molar-refractivity contribution in [2.75, 3.05) is 31.1 Å². The summed E-state index contributed by atoms with van der Waals surface area (Å²) in [5, 5.41) is 3.45. The van der Waals surface area contributed by atoms with Gasteiger partial charge < -0.3 is 15.0 Å². The van der Waals surface area contributed by atoms with Crippen LogP contribution in [0, 0.1) is 11.8 Å². The minimum atomic E-state index is 0.136. The van der Waals surface area contributed by atoms with Crippen molar-refractivity contribution in [1.29, 1.82) is 0 Å². The molecule has 5 nitrogen and oxygen atoms in total. The van der Waals surface area contributed by atoms with Gasteiger partial charge in [-0.2, -0.15) is 4.98 Å². The van der Waals surface area contributed by atoms with Crippen LogP contribution in [0.4, 0.5) is 5.82 Å². The van der Waals surface area contributed by atoms with E-state index in [4.69, 9.17) is 4.74 Å². The molecule has 3 heterocycles. The second-order valence-electron chi connectivity index (χ2n) is 5.47. The van der Waals surface area contributed by atoms with E-state index in [-0.39, 0.29) is 6.10 Å². The van der Waals surface area contributed by atoms with Crippen LogP contribution in [0.15, 0.2) is 12.4 Å². The first kappa shape index (κ1) is 11.7. The molecule has 0 bridgehead atoms. The highest BCUT2D eigenvalue weighted by Gasteiger charge is 2.36. The maximum absolute atomic E-state index is 5.60. The van der Waals surface area contributed by atoms with E-state index in [0.29, 0.717) is 5.88 Å². The first-order valence-corrected chi connectivity index (χ1v) is 6.66. The fraction of sp³-hybridized carbons (Fsp3) is 0.692. The average molecular weight is 248 g/mol. The van der Waals surface area contributed by atoms with Crippen LogP contribution in [-0.2, 0) is 0 Å². The monoisotopic (exact) mass is 248 g/mol. The largest absolute Gasteiger partial charge is 0.474 e. The van der Waals surface area contributed by atoms with Gasteiger partial charge in [-0.3, -0.25) is 4.98 Å². The number of aromatic nitrogens is 2. The van der Waals surface area contributed by atoms with Gasteiger partial charge in [0, 0.05) is 26.2 Å². The van der Waals surface area contributed by atoms with Crippen LogP contribution in [0.1, 0.15) is 13.8 Å². The van der Waals surface area contributed by atoms with Crippen molar-refractivity contribution in [3.05, 3.63) is 12.4 Å². The molecule has 5 heteroatoms. The maximum atomic E-state index is 5.60. The molecule has 98 valence electrons. The Labute approximate surface area is 108 Å². The van der Waals surface area contributed by atoms with Crippen LogP contribution in [-0.4, -0.2) is 42.3 Å². The zero-order chi connectivity index (χ0) is 12.5. The zero-order valence-corrected chi connectivity index (χ0v) is 11.0. The van der Waals surface area contributed by atoms with Crippen LogP contribution in [0.5, 0.6) is 5.88 Å². The van der Waals surface area contributed by atoms with E-state index in [0.717, 1.165) is 43.8 Å². The van der Waals surface area contributed by atoms with Crippen molar-refractivity contribution in [3.8, 4) is 5.88 Å². The number of ether oxygens (including phenoxy) is 1. The van der Waals surface area contributed by atoms with E-state index < -0.39 is 0 Å². The fourth-order valence-electron chi connectivity index (χ4n) is 2.83. The molecular weight excluding hydrogens is 228 g/mol. The van der Waals surface area contributed by atoms with Crippen molar-refractivity contribution in [2.45, 2.75) is 20.0 Å². The molecule has 0 aliphatic carbocycles. The summed E-state index contributed by atoms with van der Waals surface area (Å²) >= 11 is 0. The van der Waals surface area contributed by atoms with Gasteiger partial charge in [0.05, 0.1) is 18.5 Å². The first-order chi connectivity index (χ1) is 8.72. The predicted molar refractivity (Wildman–Crippen MR) is 69.9 cm³/mol. The predicted octanol–water partition coefficient (Wildman–Crippen LogP) is 0.919. The van der Waals surface area contributed by atoms with E-state index in [1.165, 1.54) is 0 Å². The topological polar surface area (TPSA) is 50.3 Å². The van der Waals surface area contributed by atoms with Gasteiger partial charge >= 0.3 is 0 Å². The van der Waals surface area contributed by atoms with Gasteiger partial charge in [0.1, 0.15) is 0 Å². The summed E-state index contributed by atoms with van der Waals surface area (Å²) in [6.07, 6.45) is 3.65. The Morgan fingerprint density at radius 2 is 2.00 bits per heavy atom. The molecule has 2 aliphatic rings. The van der Waals surface area contributed by atoms with Gasteiger partial charge in [-0.05, 0) is 25.7 Å². The van der Waals surface area contributed by atoms with Crippen molar-refractivity contribution < 1.29 is 4.74 Å². The highest BCUT2D eigenvalue weighted by atomic mass is 16.5. The molecule has 1 N–H and O–H groups in total. The average Bonchev–Trinajstić information content (AvgIpc) is 2.88. The summed E-state index contributed by atoms with van der Waals surface area (Å²) in [5.41, 5.74) is 0. The number of fused-ring (bicyclic) bond motifs is 1. The van der Waals surface area contributed by atoms with Crippen molar-refractivity contribution >= 4 is 5.82 Å². The molecule has 0 radical (unpaired) electrons. The Bertz CT molecular complexity index is 411. The first-order valence-electron chi connectivity index (χ1n) is 6.66. The number of hydrogen-bond donors (Lipinski definition) is 1. The van der Waals surface area contributed by atoms with Crippen molar-refractivity contribution in [2.24, 2.45) is 11.8 Å². The van der Waals surface area contributed by atoms with Gasteiger partial charge in [0.25, 0.3) is 0 Å². The minimum absolute atomic E-state index is 0.136. The van der Waals surface area contributed by atoms with Crippen LogP contribution in [0.25, 0.3) is 0 Å². The van der Waals surface area contributed by atoms with E-state index in [9.17, 15) is 0 Å². The van der Waals surface area contributed by atoms with E-state index in [1.54, 1.807) is 6.20 Å². The van der Waals surface area contributed by atoms with Crippen LogP contribution >= 0.6 is 0 Å². The Balaban J connectivity index is 1.72. The molecule has 1 aromatic heterocycles. The highest BCUT2D eigenvalue weighted by molar-refractivity contribution is 5.39. The number of hydrogen-bond acceptors (Lipinski definition) is 5. The quantitative estimate of drug-likeness (QED) is 0.862. The molecule has 0 saturated carbocycles. The zero-order valence-electron chi connectivity index (χ0n) is 11.0. The molecule has 2 aliphatic heterocycles. The number of nitrogens with one attached hydrogen (secondary N) is 1. The van der Waals surface area contributed by atoms with E-state index in [2.05, 4.69) is 20.2 Å². The molecule has 1 aromatic rings. The smallest absolute Gasteiger partial charge is 0.234 e. The maximum Gasteiger partial charge on any atom is 0.234 e. The minimum Gasteiger partial charge on any atom is -0.474 e. The van der Waals surface area contributed by atoms with Gasteiger partial charge in [0.2, 0.25) is 5.88 Å². The molecule has 2 fully saturated rings. The highest BCUT2D eigenvalue weighted by Crippen LogP contribution is 2.29. The molecule has 0 amide bonds. The lowest BCUT2D eigenvalue weighted by atomic mass is 10.0. The lowest BCUT2D eigenvalue weighted by Gasteiger charge is -2.19. The summed E-state index contributed by atoms with van der Waals surface area (Å²) in [4.78, 5) is 11.1. The fourth-order valence-corrected chi connectivity index (χ4v) is 2.83. The Morgan fingerprint density at radius 1 is 1.28 bits per heavy atom. The summed E-state index contributed by atoms with van der Waals surface area (Å²) < 4.78 is 5.60. The number of anilines is 1. The van der Waals surface area contributed by atoms with Gasteiger partial charge in [0.15, 0.2) is 5.82 Å². The van der Waals surface area contributed by atoms with Crippen LogP contribution in [0.3, 0.4) is 0 Å². The lowest BCUT2D eigenvalue weighted by Crippen LogP contribution is -2.26. The molecule has 2 saturated heterocycles. The number of rotatable bonds is 3. The molecular formula is C13H20N4O. The molecule has 0 aromatic carbocycles. The molecule has 0 spiro atoms.